The summed E-state index contributed by atoms with van der Waals surface area (Å²) in [6, 6.07) is 10.1. The van der Waals surface area contributed by atoms with Gasteiger partial charge in [0.1, 0.15) is 0 Å². The summed E-state index contributed by atoms with van der Waals surface area (Å²) in [5.41, 5.74) is 1.20. The molecule has 0 saturated heterocycles. The molecule has 6 N–H and O–H groups in total. The smallest absolute Gasteiger partial charge is 0.220 e. The van der Waals surface area contributed by atoms with Gasteiger partial charge < -0.3 is 20.6 Å². The zero-order valence-corrected chi connectivity index (χ0v) is 19.7. The highest BCUT2D eigenvalue weighted by atomic mass is 17.1. The van der Waals surface area contributed by atoms with Crippen molar-refractivity contribution >= 4 is 5.91 Å². The fourth-order valence-electron chi connectivity index (χ4n) is 4.57. The number of benzene rings is 1. The highest BCUT2D eigenvalue weighted by Gasteiger charge is 2.40. The summed E-state index contributed by atoms with van der Waals surface area (Å²) >= 11 is 0. The first kappa shape index (κ1) is 28.4. The molecule has 0 unspecified atom stereocenters. The molecule has 1 aromatic rings. The second-order valence-electron chi connectivity index (χ2n) is 8.99. The third-order valence-corrected chi connectivity index (χ3v) is 6.44. The Morgan fingerprint density at radius 3 is 2.59 bits per heavy atom. The maximum atomic E-state index is 11.7. The molecular formula is C25H40N2O7. The molecule has 1 saturated carbocycles. The number of aliphatic hydroxyl groups excluding tert-OH is 3. The van der Waals surface area contributed by atoms with E-state index in [0.717, 1.165) is 12.8 Å². The van der Waals surface area contributed by atoms with Crippen molar-refractivity contribution in [3.05, 3.63) is 48.0 Å². The normalized spacial score (nSPS) is 23.6. The van der Waals surface area contributed by atoms with Gasteiger partial charge >= 0.3 is 0 Å². The van der Waals surface area contributed by atoms with Crippen LogP contribution >= 0.6 is 0 Å². The Labute approximate surface area is 201 Å². The van der Waals surface area contributed by atoms with Crippen LogP contribution in [-0.4, -0.2) is 68.5 Å². The monoisotopic (exact) mass is 480 g/mol. The molecule has 5 atom stereocenters. The summed E-state index contributed by atoms with van der Waals surface area (Å²) in [4.78, 5) is 16.0. The molecule has 192 valence electrons. The fourth-order valence-corrected chi connectivity index (χ4v) is 4.57. The van der Waals surface area contributed by atoms with Crippen LogP contribution in [0, 0.1) is 11.8 Å². The standard InChI is InChI=1S/C25H40N2O7/c28-20(13-12-19-8-4-3-5-9-19)14-15-22-21(23(29)18-24(22)30)10-6-1-2-7-11-25(31)26-16-17-34-27(32)33/h1,3-6,8-9,20-24,28-30,32-33H,2,7,10-18H2,(H,26,31)/b6-1-/t20-,21+,22+,23-,24+/m0/s1. The first-order valence-corrected chi connectivity index (χ1v) is 12.2. The van der Waals surface area contributed by atoms with Crippen LogP contribution in [0.5, 0.6) is 0 Å². The molecule has 0 aliphatic heterocycles. The quantitative estimate of drug-likeness (QED) is 0.120. The summed E-state index contributed by atoms with van der Waals surface area (Å²) in [6.07, 6.45) is 8.04. The van der Waals surface area contributed by atoms with Crippen molar-refractivity contribution in [3.63, 3.8) is 0 Å². The van der Waals surface area contributed by atoms with E-state index in [0.29, 0.717) is 44.9 Å². The van der Waals surface area contributed by atoms with Crippen molar-refractivity contribution < 1.29 is 35.4 Å². The van der Waals surface area contributed by atoms with Gasteiger partial charge in [-0.25, -0.2) is 4.84 Å². The topological polar surface area (TPSA) is 143 Å². The zero-order chi connectivity index (χ0) is 24.8. The average Bonchev–Trinajstić information content (AvgIpc) is 3.08. The van der Waals surface area contributed by atoms with E-state index < -0.39 is 23.7 Å². The van der Waals surface area contributed by atoms with Gasteiger partial charge in [0.15, 0.2) is 0 Å². The predicted octanol–water partition coefficient (Wildman–Crippen LogP) is 2.36. The van der Waals surface area contributed by atoms with Crippen LogP contribution in [0.1, 0.15) is 56.9 Å². The number of aryl methyl sites for hydroxylation is 1. The first-order valence-electron chi connectivity index (χ1n) is 12.2. The minimum Gasteiger partial charge on any atom is -0.393 e. The molecule has 0 radical (unpaired) electrons. The Hall–Kier alpha value is -1.85. The molecule has 0 bridgehead atoms. The Balaban J connectivity index is 1.64. The number of rotatable bonds is 16. The van der Waals surface area contributed by atoms with Gasteiger partial charge in [-0.15, -0.1) is 0 Å². The lowest BCUT2D eigenvalue weighted by molar-refractivity contribution is -0.491. The van der Waals surface area contributed by atoms with Crippen LogP contribution in [-0.2, 0) is 16.1 Å². The third-order valence-electron chi connectivity index (χ3n) is 6.44. The predicted molar refractivity (Wildman–Crippen MR) is 126 cm³/mol. The maximum absolute atomic E-state index is 11.7. The number of carbonyl (C=O) groups excluding carboxylic acids is 1. The highest BCUT2D eigenvalue weighted by molar-refractivity contribution is 5.75. The van der Waals surface area contributed by atoms with Crippen molar-refractivity contribution in [2.75, 3.05) is 13.2 Å². The van der Waals surface area contributed by atoms with Gasteiger partial charge in [-0.1, -0.05) is 42.5 Å². The Morgan fingerprint density at radius 1 is 1.12 bits per heavy atom. The highest BCUT2D eigenvalue weighted by Crippen LogP contribution is 2.38. The van der Waals surface area contributed by atoms with Crippen LogP contribution < -0.4 is 5.32 Å². The number of nitrogens with zero attached hydrogens (tertiary/aromatic N) is 1. The van der Waals surface area contributed by atoms with Crippen LogP contribution in [0.4, 0.5) is 0 Å². The van der Waals surface area contributed by atoms with E-state index >= 15 is 0 Å². The van der Waals surface area contributed by atoms with E-state index in [-0.39, 0.29) is 30.9 Å². The minimum absolute atomic E-state index is 0.0338. The SMILES string of the molecule is O=C(CCC/C=C\C[C@@H]1[C@@H](CC[C@@H](O)CCc2ccccc2)[C@H](O)C[C@@H]1O)NCCON(O)O. The molecule has 9 nitrogen and oxygen atoms in total. The molecule has 1 fully saturated rings. The van der Waals surface area contributed by atoms with E-state index in [4.69, 9.17) is 10.4 Å². The summed E-state index contributed by atoms with van der Waals surface area (Å²) in [5, 5.41) is 50.2. The number of aliphatic hydroxyl groups is 3. The fraction of sp³-hybridized carbons (Fsp3) is 0.640. The molecule has 1 aliphatic rings. The minimum atomic E-state index is -0.550. The van der Waals surface area contributed by atoms with Crippen molar-refractivity contribution in [1.29, 1.82) is 0 Å². The molecule has 9 heteroatoms. The van der Waals surface area contributed by atoms with E-state index in [1.54, 1.807) is 0 Å². The van der Waals surface area contributed by atoms with Gasteiger partial charge in [0.05, 0.1) is 30.3 Å². The van der Waals surface area contributed by atoms with Crippen LogP contribution in [0.25, 0.3) is 0 Å². The first-order chi connectivity index (χ1) is 16.4. The molecule has 2 rings (SSSR count). The van der Waals surface area contributed by atoms with Gasteiger partial charge in [-0.2, -0.15) is 0 Å². The molecule has 0 heterocycles. The lowest BCUT2D eigenvalue weighted by Gasteiger charge is -2.23. The van der Waals surface area contributed by atoms with E-state index in [2.05, 4.69) is 22.3 Å². The second kappa shape index (κ2) is 15.9. The second-order valence-corrected chi connectivity index (χ2v) is 8.99. The number of hydrogen-bond acceptors (Lipinski definition) is 8. The number of unbranched alkanes of at least 4 members (excludes halogenated alkanes) is 1. The summed E-state index contributed by atoms with van der Waals surface area (Å²) in [6.45, 7) is 0.135. The van der Waals surface area contributed by atoms with E-state index in [1.165, 1.54) is 5.56 Å². The van der Waals surface area contributed by atoms with Gasteiger partial charge in [-0.3, -0.25) is 15.2 Å². The number of amides is 1. The van der Waals surface area contributed by atoms with Crippen molar-refractivity contribution in [1.82, 2.24) is 10.7 Å². The van der Waals surface area contributed by atoms with Gasteiger partial charge in [-0.05, 0) is 68.8 Å². The van der Waals surface area contributed by atoms with Crippen molar-refractivity contribution in [2.45, 2.75) is 76.1 Å². The third kappa shape index (κ3) is 11.1. The molecule has 1 aromatic carbocycles. The van der Waals surface area contributed by atoms with Crippen molar-refractivity contribution in [2.24, 2.45) is 11.8 Å². The zero-order valence-electron chi connectivity index (χ0n) is 19.7. The Kier molecular flexibility index (Phi) is 13.3. The van der Waals surface area contributed by atoms with Crippen LogP contribution in [0.2, 0.25) is 0 Å². The largest absolute Gasteiger partial charge is 0.393 e. The molecule has 1 aliphatic carbocycles. The number of nitrogens with one attached hydrogen (secondary N) is 1. The van der Waals surface area contributed by atoms with Gasteiger partial charge in [0.25, 0.3) is 0 Å². The lowest BCUT2D eigenvalue weighted by Crippen LogP contribution is -2.29. The number of allylic oxidation sites excluding steroid dienone is 2. The molecule has 0 spiro atoms. The Bertz CT molecular complexity index is 716. The van der Waals surface area contributed by atoms with Gasteiger partial charge in [0.2, 0.25) is 5.91 Å². The lowest BCUT2D eigenvalue weighted by atomic mass is 9.85. The van der Waals surface area contributed by atoms with Crippen LogP contribution in [0.15, 0.2) is 42.5 Å². The maximum Gasteiger partial charge on any atom is 0.220 e. The van der Waals surface area contributed by atoms with E-state index in [9.17, 15) is 20.1 Å². The average molecular weight is 481 g/mol. The van der Waals surface area contributed by atoms with Crippen LogP contribution in [0.3, 0.4) is 0 Å². The molecule has 1 amide bonds. The van der Waals surface area contributed by atoms with Gasteiger partial charge in [0, 0.05) is 13.0 Å². The number of hydrogen-bond donors (Lipinski definition) is 6. The number of carbonyl (C=O) groups is 1. The summed E-state index contributed by atoms with van der Waals surface area (Å²) in [7, 11) is 0. The van der Waals surface area contributed by atoms with Crippen molar-refractivity contribution in [3.8, 4) is 0 Å². The summed E-state index contributed by atoms with van der Waals surface area (Å²) in [5.74, 6) is -0.207. The summed E-state index contributed by atoms with van der Waals surface area (Å²) < 4.78 is 0. The molecule has 34 heavy (non-hydrogen) atoms. The molecule has 0 aromatic heterocycles. The Morgan fingerprint density at radius 2 is 1.85 bits per heavy atom. The van der Waals surface area contributed by atoms with E-state index in [1.807, 2.05) is 30.4 Å². The molecular weight excluding hydrogens is 440 g/mol.